The zero-order valence-corrected chi connectivity index (χ0v) is 12.8. The number of benzene rings is 1. The third-order valence-electron chi connectivity index (χ3n) is 3.24. The number of hydrogen-bond donors (Lipinski definition) is 1. The topological polar surface area (TPSA) is 52.3 Å². The van der Waals surface area contributed by atoms with Gasteiger partial charge in [-0.1, -0.05) is 13.0 Å². The van der Waals surface area contributed by atoms with Gasteiger partial charge in [-0.2, -0.15) is 0 Å². The molecular weight excluding hydrogens is 270 g/mol. The molecule has 0 amide bonds. The highest BCUT2D eigenvalue weighted by Gasteiger charge is 2.13. The van der Waals surface area contributed by atoms with Crippen LogP contribution in [0.15, 0.2) is 24.3 Å². The maximum absolute atomic E-state index is 12.1. The van der Waals surface area contributed by atoms with Gasteiger partial charge in [-0.25, -0.2) is 4.79 Å². The normalized spacial score (nSPS) is 10.6. The fourth-order valence-corrected chi connectivity index (χ4v) is 2.86. The second-order valence-corrected chi connectivity index (χ2v) is 6.07. The van der Waals surface area contributed by atoms with Crippen LogP contribution in [0, 0.1) is 13.8 Å². The Bertz CT molecular complexity index is 631. The van der Waals surface area contributed by atoms with E-state index >= 15 is 0 Å². The molecule has 2 N–H and O–H groups in total. The average Bonchev–Trinajstić information content (AvgIpc) is 2.88. The van der Waals surface area contributed by atoms with Crippen LogP contribution in [0.3, 0.4) is 0 Å². The van der Waals surface area contributed by atoms with Crippen LogP contribution >= 0.6 is 11.3 Å². The number of carbonyl (C=O) groups is 1. The van der Waals surface area contributed by atoms with Gasteiger partial charge in [-0.15, -0.1) is 11.3 Å². The van der Waals surface area contributed by atoms with Crippen molar-refractivity contribution in [3.63, 3.8) is 0 Å². The number of nitrogen functional groups attached to an aromatic ring is 1. The molecule has 106 valence electrons. The van der Waals surface area contributed by atoms with E-state index in [9.17, 15) is 4.79 Å². The van der Waals surface area contributed by atoms with Gasteiger partial charge in [-0.3, -0.25) is 0 Å². The number of ether oxygens (including phenoxy) is 1. The van der Waals surface area contributed by atoms with Crippen LogP contribution < -0.4 is 5.73 Å². The Labute approximate surface area is 123 Å². The zero-order valence-electron chi connectivity index (χ0n) is 12.0. The van der Waals surface area contributed by atoms with Crippen molar-refractivity contribution in [1.29, 1.82) is 0 Å². The highest BCUT2D eigenvalue weighted by atomic mass is 32.1. The van der Waals surface area contributed by atoms with Crippen molar-refractivity contribution in [1.82, 2.24) is 0 Å². The molecule has 0 unspecified atom stereocenters. The van der Waals surface area contributed by atoms with Gasteiger partial charge in [0.05, 0.1) is 5.56 Å². The van der Waals surface area contributed by atoms with Crippen molar-refractivity contribution in [3.8, 4) is 0 Å². The molecule has 1 heterocycles. The summed E-state index contributed by atoms with van der Waals surface area (Å²) >= 11 is 1.68. The molecule has 0 saturated carbocycles. The van der Waals surface area contributed by atoms with Gasteiger partial charge in [0, 0.05) is 15.4 Å². The first kappa shape index (κ1) is 14.6. The van der Waals surface area contributed by atoms with Crippen molar-refractivity contribution < 1.29 is 9.53 Å². The summed E-state index contributed by atoms with van der Waals surface area (Å²) < 4.78 is 5.36. The molecule has 20 heavy (non-hydrogen) atoms. The van der Waals surface area contributed by atoms with Crippen LogP contribution in [0.25, 0.3) is 0 Å². The maximum atomic E-state index is 12.1. The second-order valence-electron chi connectivity index (χ2n) is 4.82. The molecule has 0 atom stereocenters. The molecule has 1 aromatic carbocycles. The van der Waals surface area contributed by atoms with E-state index in [1.807, 2.05) is 26.0 Å². The Hall–Kier alpha value is -1.81. The molecule has 0 spiro atoms. The molecule has 3 nitrogen and oxygen atoms in total. The van der Waals surface area contributed by atoms with Crippen molar-refractivity contribution in [2.45, 2.75) is 33.8 Å². The highest BCUT2D eigenvalue weighted by molar-refractivity contribution is 7.11. The lowest BCUT2D eigenvalue weighted by Crippen LogP contribution is -2.08. The Balaban J connectivity index is 2.07. The van der Waals surface area contributed by atoms with E-state index < -0.39 is 0 Å². The summed E-state index contributed by atoms with van der Waals surface area (Å²) in [6.45, 7) is 6.25. The quantitative estimate of drug-likeness (QED) is 0.686. The van der Waals surface area contributed by atoms with E-state index in [0.29, 0.717) is 17.9 Å². The van der Waals surface area contributed by atoms with Crippen LogP contribution in [0.5, 0.6) is 0 Å². The molecular formula is C16H19NO2S. The lowest BCUT2D eigenvalue weighted by Gasteiger charge is -2.09. The number of aryl methyl sites for hydroxylation is 3. The standard InChI is InChI=1S/C16H19NO2S/c1-4-12-5-6-13(20-12)9-19-16(18)14-8-15(17)11(3)7-10(14)2/h5-8H,4,9,17H2,1-3H3. The van der Waals surface area contributed by atoms with Crippen LogP contribution in [0.2, 0.25) is 0 Å². The summed E-state index contributed by atoms with van der Waals surface area (Å²) in [6, 6.07) is 7.68. The molecule has 0 aliphatic rings. The number of carbonyl (C=O) groups excluding carboxylic acids is 1. The number of rotatable bonds is 4. The first-order valence-electron chi connectivity index (χ1n) is 6.62. The minimum atomic E-state index is -0.319. The lowest BCUT2D eigenvalue weighted by molar-refractivity contribution is 0.0476. The minimum Gasteiger partial charge on any atom is -0.456 e. The molecule has 0 aliphatic carbocycles. The summed E-state index contributed by atoms with van der Waals surface area (Å²) in [6.07, 6.45) is 1.01. The predicted molar refractivity (Wildman–Crippen MR) is 83.1 cm³/mol. The first-order chi connectivity index (χ1) is 9.51. The zero-order chi connectivity index (χ0) is 14.7. The van der Waals surface area contributed by atoms with Gasteiger partial charge in [-0.05, 0) is 49.6 Å². The van der Waals surface area contributed by atoms with E-state index in [4.69, 9.17) is 10.5 Å². The molecule has 0 radical (unpaired) electrons. The Morgan fingerprint density at radius 3 is 2.55 bits per heavy atom. The first-order valence-corrected chi connectivity index (χ1v) is 7.44. The predicted octanol–water partition coefficient (Wildman–Crippen LogP) is 3.87. The van der Waals surface area contributed by atoms with Crippen molar-refractivity contribution >= 4 is 23.0 Å². The van der Waals surface area contributed by atoms with Gasteiger partial charge >= 0.3 is 5.97 Å². The lowest BCUT2D eigenvalue weighted by atomic mass is 10.0. The summed E-state index contributed by atoms with van der Waals surface area (Å²) in [5.41, 5.74) is 8.88. The summed E-state index contributed by atoms with van der Waals surface area (Å²) in [5, 5.41) is 0. The Morgan fingerprint density at radius 2 is 1.90 bits per heavy atom. The molecule has 4 heteroatoms. The third-order valence-corrected chi connectivity index (χ3v) is 4.45. The van der Waals surface area contributed by atoms with Crippen molar-refractivity contribution in [2.24, 2.45) is 0 Å². The fourth-order valence-electron chi connectivity index (χ4n) is 1.99. The van der Waals surface area contributed by atoms with Gasteiger partial charge < -0.3 is 10.5 Å². The summed E-state index contributed by atoms with van der Waals surface area (Å²) in [5.74, 6) is -0.319. The molecule has 1 aromatic heterocycles. The molecule has 0 saturated heterocycles. The van der Waals surface area contributed by atoms with Crippen LogP contribution in [-0.4, -0.2) is 5.97 Å². The smallest absolute Gasteiger partial charge is 0.338 e. The molecule has 2 rings (SSSR count). The molecule has 0 bridgehead atoms. The van der Waals surface area contributed by atoms with E-state index in [1.54, 1.807) is 17.4 Å². The van der Waals surface area contributed by atoms with Gasteiger partial charge in [0.15, 0.2) is 0 Å². The van der Waals surface area contributed by atoms with Crippen LogP contribution in [-0.2, 0) is 17.8 Å². The summed E-state index contributed by atoms with van der Waals surface area (Å²) in [7, 11) is 0. The van der Waals surface area contributed by atoms with Crippen LogP contribution in [0.4, 0.5) is 5.69 Å². The molecule has 0 aliphatic heterocycles. The number of thiophene rings is 1. The highest BCUT2D eigenvalue weighted by Crippen LogP contribution is 2.21. The largest absolute Gasteiger partial charge is 0.456 e. The van der Waals surface area contributed by atoms with Crippen LogP contribution in [0.1, 0.15) is 38.2 Å². The van der Waals surface area contributed by atoms with Gasteiger partial charge in [0.25, 0.3) is 0 Å². The summed E-state index contributed by atoms with van der Waals surface area (Å²) in [4.78, 5) is 14.5. The van der Waals surface area contributed by atoms with E-state index in [-0.39, 0.29) is 5.97 Å². The minimum absolute atomic E-state index is 0.316. The van der Waals surface area contributed by atoms with E-state index in [1.165, 1.54) is 4.88 Å². The van der Waals surface area contributed by atoms with Crippen molar-refractivity contribution in [3.05, 3.63) is 50.7 Å². The number of hydrogen-bond acceptors (Lipinski definition) is 4. The van der Waals surface area contributed by atoms with E-state index in [2.05, 4.69) is 13.0 Å². The van der Waals surface area contributed by atoms with Gasteiger partial charge in [0.2, 0.25) is 0 Å². The SMILES string of the molecule is CCc1ccc(COC(=O)c2cc(N)c(C)cc2C)s1. The number of esters is 1. The fraction of sp³-hybridized carbons (Fsp3) is 0.312. The second kappa shape index (κ2) is 6.09. The average molecular weight is 289 g/mol. The Morgan fingerprint density at radius 1 is 1.20 bits per heavy atom. The monoisotopic (exact) mass is 289 g/mol. The number of nitrogens with two attached hydrogens (primary N) is 1. The van der Waals surface area contributed by atoms with E-state index in [0.717, 1.165) is 22.4 Å². The third kappa shape index (κ3) is 3.20. The van der Waals surface area contributed by atoms with Crippen molar-refractivity contribution in [2.75, 3.05) is 5.73 Å². The van der Waals surface area contributed by atoms with Gasteiger partial charge in [0.1, 0.15) is 6.61 Å². The molecule has 0 fully saturated rings. The molecule has 2 aromatic rings. The number of anilines is 1. The Kier molecular flexibility index (Phi) is 4.45. The maximum Gasteiger partial charge on any atom is 0.338 e.